The van der Waals surface area contributed by atoms with E-state index in [-0.39, 0.29) is 18.2 Å². The average Bonchev–Trinajstić information content (AvgIpc) is 2.81. The highest BCUT2D eigenvalue weighted by Crippen LogP contribution is 2.23. The van der Waals surface area contributed by atoms with Crippen molar-refractivity contribution in [1.82, 2.24) is 14.7 Å². The highest BCUT2D eigenvalue weighted by atomic mass is 16.3. The summed E-state index contributed by atoms with van der Waals surface area (Å²) in [5.74, 6) is 0. The quantitative estimate of drug-likeness (QED) is 0.637. The summed E-state index contributed by atoms with van der Waals surface area (Å²) < 4.78 is 1.38. The van der Waals surface area contributed by atoms with Gasteiger partial charge >= 0.3 is 0 Å². The third-order valence-electron chi connectivity index (χ3n) is 6.73. The highest BCUT2D eigenvalue weighted by molar-refractivity contribution is 5.84. The Labute approximate surface area is 187 Å². The van der Waals surface area contributed by atoms with Crippen LogP contribution in [0.3, 0.4) is 0 Å². The minimum Gasteiger partial charge on any atom is -0.393 e. The number of rotatable bonds is 5. The van der Waals surface area contributed by atoms with Gasteiger partial charge in [0.1, 0.15) is 0 Å². The zero-order valence-electron chi connectivity index (χ0n) is 18.2. The Hall–Kier alpha value is -2.74. The van der Waals surface area contributed by atoms with Gasteiger partial charge in [-0.05, 0) is 48.6 Å². The summed E-state index contributed by atoms with van der Waals surface area (Å²) in [6.07, 6.45) is 3.34. The van der Waals surface area contributed by atoms with Gasteiger partial charge in [0.15, 0.2) is 0 Å². The van der Waals surface area contributed by atoms with Crippen LogP contribution in [0.2, 0.25) is 0 Å². The van der Waals surface area contributed by atoms with E-state index >= 15 is 0 Å². The third-order valence-corrected chi connectivity index (χ3v) is 6.73. The Balaban J connectivity index is 1.27. The molecule has 1 fully saturated rings. The molecule has 0 bridgehead atoms. The van der Waals surface area contributed by atoms with Crippen molar-refractivity contribution in [3.8, 4) is 0 Å². The fourth-order valence-corrected chi connectivity index (χ4v) is 4.89. The van der Waals surface area contributed by atoms with Crippen molar-refractivity contribution in [3.63, 3.8) is 0 Å². The molecule has 0 unspecified atom stereocenters. The molecule has 0 aliphatic carbocycles. The summed E-state index contributed by atoms with van der Waals surface area (Å²) in [5.41, 5.74) is 3.57. The maximum atomic E-state index is 13.0. The first-order valence-electron chi connectivity index (χ1n) is 11.5. The number of fused-ring (bicyclic) bond motifs is 2. The molecule has 2 N–H and O–H groups in total. The summed E-state index contributed by atoms with van der Waals surface area (Å²) >= 11 is 0. The fourth-order valence-electron chi connectivity index (χ4n) is 4.89. The SMILES string of the molecule is O=c1c2ccc(N3CCC(O)CC3)cc2cnn1C[C@H](O)CN1CCc2ccccc2C1. The zero-order chi connectivity index (χ0) is 22.1. The second-order valence-corrected chi connectivity index (χ2v) is 9.03. The number of hydrogen-bond donors (Lipinski definition) is 2. The Morgan fingerprint density at radius 1 is 1.03 bits per heavy atom. The molecule has 3 aromatic rings. The number of benzene rings is 2. The van der Waals surface area contributed by atoms with Gasteiger partial charge < -0.3 is 15.1 Å². The Morgan fingerprint density at radius 2 is 1.81 bits per heavy atom. The molecule has 0 saturated carbocycles. The summed E-state index contributed by atoms with van der Waals surface area (Å²) in [6, 6.07) is 14.2. The molecule has 7 nitrogen and oxygen atoms in total. The van der Waals surface area contributed by atoms with E-state index < -0.39 is 6.10 Å². The van der Waals surface area contributed by atoms with Crippen LogP contribution < -0.4 is 10.5 Å². The van der Waals surface area contributed by atoms with E-state index in [4.69, 9.17) is 0 Å². The molecule has 168 valence electrons. The number of piperidine rings is 1. The molecule has 2 aliphatic heterocycles. The van der Waals surface area contributed by atoms with Gasteiger partial charge in [-0.15, -0.1) is 0 Å². The van der Waals surface area contributed by atoms with Gasteiger partial charge in [-0.1, -0.05) is 24.3 Å². The maximum Gasteiger partial charge on any atom is 0.274 e. The van der Waals surface area contributed by atoms with Crippen molar-refractivity contribution in [2.75, 3.05) is 31.1 Å². The van der Waals surface area contributed by atoms with E-state index in [2.05, 4.69) is 39.2 Å². The molecule has 3 heterocycles. The molecular formula is C25H30N4O3. The molecule has 0 amide bonds. The lowest BCUT2D eigenvalue weighted by Crippen LogP contribution is -2.40. The topological polar surface area (TPSA) is 81.8 Å². The van der Waals surface area contributed by atoms with Crippen molar-refractivity contribution in [1.29, 1.82) is 0 Å². The average molecular weight is 435 g/mol. The zero-order valence-corrected chi connectivity index (χ0v) is 18.2. The molecule has 1 aromatic heterocycles. The number of β-amino-alcohol motifs (C(OH)–C–C–N with tert-alkyl or cyclic N) is 1. The largest absolute Gasteiger partial charge is 0.393 e. The van der Waals surface area contributed by atoms with Crippen LogP contribution >= 0.6 is 0 Å². The molecule has 0 radical (unpaired) electrons. The molecule has 2 aliphatic rings. The molecule has 1 atom stereocenters. The minimum atomic E-state index is -0.665. The van der Waals surface area contributed by atoms with E-state index in [9.17, 15) is 15.0 Å². The number of hydrogen-bond acceptors (Lipinski definition) is 6. The summed E-state index contributed by atoms with van der Waals surface area (Å²) in [6.45, 7) is 4.04. The summed E-state index contributed by atoms with van der Waals surface area (Å²) in [4.78, 5) is 17.5. The van der Waals surface area contributed by atoms with E-state index in [1.54, 1.807) is 6.20 Å². The van der Waals surface area contributed by atoms with Crippen molar-refractivity contribution >= 4 is 16.5 Å². The lowest BCUT2D eigenvalue weighted by atomic mass is 10.00. The first-order chi connectivity index (χ1) is 15.6. The van der Waals surface area contributed by atoms with E-state index in [1.165, 1.54) is 15.8 Å². The Morgan fingerprint density at radius 3 is 2.62 bits per heavy atom. The van der Waals surface area contributed by atoms with E-state index in [0.29, 0.717) is 11.9 Å². The smallest absolute Gasteiger partial charge is 0.274 e. The molecule has 2 aromatic carbocycles. The predicted octanol–water partition coefficient (Wildman–Crippen LogP) is 1.78. The number of aromatic nitrogens is 2. The Bertz CT molecular complexity index is 1150. The van der Waals surface area contributed by atoms with Crippen LogP contribution in [0.1, 0.15) is 24.0 Å². The van der Waals surface area contributed by atoms with E-state index in [0.717, 1.165) is 56.5 Å². The second-order valence-electron chi connectivity index (χ2n) is 9.03. The molecule has 7 heteroatoms. The Kier molecular flexibility index (Phi) is 5.95. The van der Waals surface area contributed by atoms with Crippen molar-refractivity contribution in [2.24, 2.45) is 0 Å². The maximum absolute atomic E-state index is 13.0. The van der Waals surface area contributed by atoms with Crippen LogP contribution in [-0.4, -0.2) is 63.3 Å². The summed E-state index contributed by atoms with van der Waals surface area (Å²) in [5, 5.41) is 26.1. The van der Waals surface area contributed by atoms with Crippen LogP contribution in [0, 0.1) is 0 Å². The van der Waals surface area contributed by atoms with Crippen LogP contribution in [-0.2, 0) is 19.5 Å². The lowest BCUT2D eigenvalue weighted by Gasteiger charge is -2.31. The van der Waals surface area contributed by atoms with Gasteiger partial charge in [-0.25, -0.2) is 4.68 Å². The molecule has 32 heavy (non-hydrogen) atoms. The van der Waals surface area contributed by atoms with Crippen molar-refractivity contribution in [3.05, 3.63) is 70.1 Å². The normalized spacial score (nSPS) is 18.6. The van der Waals surface area contributed by atoms with Crippen LogP contribution in [0.4, 0.5) is 5.69 Å². The summed E-state index contributed by atoms with van der Waals surface area (Å²) in [7, 11) is 0. The van der Waals surface area contributed by atoms with Gasteiger partial charge in [0.05, 0.1) is 30.3 Å². The number of anilines is 1. The molecular weight excluding hydrogens is 404 g/mol. The van der Waals surface area contributed by atoms with Gasteiger partial charge in [0.2, 0.25) is 0 Å². The van der Waals surface area contributed by atoms with E-state index in [1.807, 2.05) is 18.2 Å². The second kappa shape index (κ2) is 9.02. The number of aliphatic hydroxyl groups excluding tert-OH is 2. The molecule has 0 spiro atoms. The van der Waals surface area contributed by atoms with Gasteiger partial charge in [-0.3, -0.25) is 9.69 Å². The monoisotopic (exact) mass is 434 g/mol. The molecule has 5 rings (SSSR count). The van der Waals surface area contributed by atoms with Gasteiger partial charge in [0.25, 0.3) is 5.56 Å². The first kappa shape index (κ1) is 21.1. The van der Waals surface area contributed by atoms with Crippen LogP contribution in [0.25, 0.3) is 10.8 Å². The van der Waals surface area contributed by atoms with Gasteiger partial charge in [-0.2, -0.15) is 5.10 Å². The van der Waals surface area contributed by atoms with Crippen LogP contribution in [0.15, 0.2) is 53.5 Å². The van der Waals surface area contributed by atoms with Gasteiger partial charge in [0, 0.05) is 43.8 Å². The number of nitrogens with zero attached hydrogens (tertiary/aromatic N) is 4. The number of aliphatic hydroxyl groups is 2. The highest BCUT2D eigenvalue weighted by Gasteiger charge is 2.20. The molecule has 1 saturated heterocycles. The van der Waals surface area contributed by atoms with Crippen molar-refractivity contribution < 1.29 is 10.2 Å². The third kappa shape index (κ3) is 4.41. The standard InChI is InChI=1S/C25H30N4O3/c30-22-8-11-28(12-9-22)21-5-6-24-20(13-21)14-26-29(25(24)32)17-23(31)16-27-10-7-18-3-1-2-4-19(18)15-27/h1-6,13-14,22-23,30-31H,7-12,15-17H2/t23-/m1/s1. The van der Waals surface area contributed by atoms with Crippen molar-refractivity contribution in [2.45, 2.75) is 44.6 Å². The lowest BCUT2D eigenvalue weighted by molar-refractivity contribution is 0.0878. The first-order valence-corrected chi connectivity index (χ1v) is 11.5. The van der Waals surface area contributed by atoms with Crippen LogP contribution in [0.5, 0.6) is 0 Å². The minimum absolute atomic E-state index is 0.175. The predicted molar refractivity (Wildman–Crippen MR) is 125 cm³/mol. The fraction of sp³-hybridized carbons (Fsp3) is 0.440.